The predicted molar refractivity (Wildman–Crippen MR) is 105 cm³/mol. The molecular formula is C22H26O6. The maximum Gasteiger partial charge on any atom is 0.324 e. The van der Waals surface area contributed by atoms with Crippen LogP contribution >= 0.6 is 0 Å². The van der Waals surface area contributed by atoms with Gasteiger partial charge in [0.1, 0.15) is 5.75 Å². The lowest BCUT2D eigenvalue weighted by Crippen LogP contribution is -2.42. The first-order valence-corrected chi connectivity index (χ1v) is 9.06. The van der Waals surface area contributed by atoms with Crippen molar-refractivity contribution in [3.05, 3.63) is 42.0 Å². The first kappa shape index (κ1) is 23.0. The molecular weight excluding hydrogens is 360 g/mol. The molecule has 0 bridgehead atoms. The summed E-state index contributed by atoms with van der Waals surface area (Å²) in [6, 6.07) is 4.90. The summed E-state index contributed by atoms with van der Waals surface area (Å²) in [5.74, 6) is 4.91. The Bertz CT molecular complexity index is 751. The zero-order valence-corrected chi connectivity index (χ0v) is 16.6. The Morgan fingerprint density at radius 2 is 1.82 bits per heavy atom. The summed E-state index contributed by atoms with van der Waals surface area (Å²) in [5.41, 5.74) is -0.710. The van der Waals surface area contributed by atoms with Gasteiger partial charge < -0.3 is 14.2 Å². The zero-order chi connectivity index (χ0) is 21.0. The Labute approximate surface area is 165 Å². The van der Waals surface area contributed by atoms with Crippen molar-refractivity contribution in [2.75, 3.05) is 20.3 Å². The number of rotatable bonds is 10. The number of allylic oxidation sites excluding steroid dienone is 1. The fraction of sp³-hybridized carbons (Fsp3) is 0.409. The Kier molecular flexibility index (Phi) is 9.52. The molecule has 1 aromatic rings. The lowest BCUT2D eigenvalue weighted by atomic mass is 9.80. The molecule has 150 valence electrons. The summed E-state index contributed by atoms with van der Waals surface area (Å²) in [4.78, 5) is 36.6. The largest absolute Gasteiger partial charge is 0.497 e. The average Bonchev–Trinajstić information content (AvgIpc) is 2.70. The van der Waals surface area contributed by atoms with Gasteiger partial charge >= 0.3 is 11.9 Å². The maximum atomic E-state index is 12.6. The number of benzene rings is 1. The molecule has 0 fully saturated rings. The Hall–Kier alpha value is -3.07. The summed E-state index contributed by atoms with van der Waals surface area (Å²) < 4.78 is 15.4. The number of carbonyl (C=O) groups excluding carboxylic acids is 3. The molecule has 0 saturated heterocycles. The van der Waals surface area contributed by atoms with Crippen molar-refractivity contribution in [1.29, 1.82) is 0 Å². The molecule has 0 saturated carbocycles. The van der Waals surface area contributed by atoms with Gasteiger partial charge in [-0.1, -0.05) is 17.9 Å². The second-order valence-corrected chi connectivity index (χ2v) is 5.90. The quantitative estimate of drug-likeness (QED) is 0.202. The molecule has 6 heteroatoms. The minimum Gasteiger partial charge on any atom is -0.497 e. The molecule has 0 unspecified atom stereocenters. The van der Waals surface area contributed by atoms with Crippen LogP contribution in [-0.2, 0) is 19.1 Å². The highest BCUT2D eigenvalue weighted by atomic mass is 16.6. The van der Waals surface area contributed by atoms with E-state index in [4.69, 9.17) is 14.2 Å². The van der Waals surface area contributed by atoms with Gasteiger partial charge in [0, 0.05) is 17.5 Å². The summed E-state index contributed by atoms with van der Waals surface area (Å²) >= 11 is 0. The summed E-state index contributed by atoms with van der Waals surface area (Å²) in [6.07, 6.45) is 2.79. The van der Waals surface area contributed by atoms with Crippen LogP contribution in [-0.4, -0.2) is 38.5 Å². The highest BCUT2D eigenvalue weighted by molar-refractivity contribution is 6.00. The van der Waals surface area contributed by atoms with Crippen molar-refractivity contribution in [2.45, 2.75) is 33.1 Å². The standard InChI is InChI=1S/C22H26O6/c1-5-8-13-22(20(24)27-6-2,21(25)28-7-3)14-9-10-17-11-12-19(26-4)15-18(17)16-23/h5,11-12,15-16H,1,6-8,13-14H2,2-4H3. The van der Waals surface area contributed by atoms with E-state index in [0.29, 0.717) is 29.6 Å². The van der Waals surface area contributed by atoms with Crippen molar-refractivity contribution in [2.24, 2.45) is 5.41 Å². The first-order chi connectivity index (χ1) is 13.5. The Morgan fingerprint density at radius 3 is 2.32 bits per heavy atom. The van der Waals surface area contributed by atoms with Crippen molar-refractivity contribution in [3.8, 4) is 17.6 Å². The third kappa shape index (κ3) is 5.71. The van der Waals surface area contributed by atoms with E-state index in [0.717, 1.165) is 0 Å². The van der Waals surface area contributed by atoms with E-state index in [9.17, 15) is 14.4 Å². The van der Waals surface area contributed by atoms with Crippen molar-refractivity contribution in [3.63, 3.8) is 0 Å². The van der Waals surface area contributed by atoms with E-state index in [-0.39, 0.29) is 26.1 Å². The van der Waals surface area contributed by atoms with Crippen LogP contribution < -0.4 is 4.74 Å². The monoisotopic (exact) mass is 386 g/mol. The van der Waals surface area contributed by atoms with Crippen LogP contribution in [0, 0.1) is 17.3 Å². The number of esters is 2. The lowest BCUT2D eigenvalue weighted by Gasteiger charge is -2.27. The second-order valence-electron chi connectivity index (χ2n) is 5.90. The van der Waals surface area contributed by atoms with Crippen molar-refractivity contribution in [1.82, 2.24) is 0 Å². The zero-order valence-electron chi connectivity index (χ0n) is 16.6. The number of aldehydes is 1. The number of hydrogen-bond acceptors (Lipinski definition) is 6. The Morgan fingerprint density at radius 1 is 1.18 bits per heavy atom. The number of ether oxygens (including phenoxy) is 3. The average molecular weight is 386 g/mol. The molecule has 1 rings (SSSR count). The third-order valence-corrected chi connectivity index (χ3v) is 4.11. The molecule has 0 heterocycles. The van der Waals surface area contributed by atoms with Gasteiger partial charge in [-0.3, -0.25) is 14.4 Å². The van der Waals surface area contributed by atoms with Gasteiger partial charge in [-0.25, -0.2) is 0 Å². The van der Waals surface area contributed by atoms with Crippen LogP contribution in [0.25, 0.3) is 0 Å². The van der Waals surface area contributed by atoms with Gasteiger partial charge in [-0.15, -0.1) is 6.58 Å². The number of methoxy groups -OCH3 is 1. The molecule has 0 spiro atoms. The minimum absolute atomic E-state index is 0.0944. The van der Waals surface area contributed by atoms with E-state index in [2.05, 4.69) is 18.4 Å². The molecule has 1 aromatic carbocycles. The SMILES string of the molecule is C=CCCC(CC#Cc1ccc(OC)cc1C=O)(C(=O)OCC)C(=O)OCC. The number of carbonyl (C=O) groups is 3. The second kappa shape index (κ2) is 11.6. The molecule has 0 atom stereocenters. The van der Waals surface area contributed by atoms with Gasteiger partial charge in [-0.2, -0.15) is 0 Å². The summed E-state index contributed by atoms with van der Waals surface area (Å²) in [6.45, 7) is 7.25. The van der Waals surface area contributed by atoms with Crippen LogP contribution in [0.3, 0.4) is 0 Å². The molecule has 0 radical (unpaired) electrons. The van der Waals surface area contributed by atoms with Crippen LogP contribution in [0.5, 0.6) is 5.75 Å². The van der Waals surface area contributed by atoms with E-state index in [1.54, 1.807) is 38.1 Å². The fourth-order valence-electron chi connectivity index (χ4n) is 2.58. The molecule has 6 nitrogen and oxygen atoms in total. The molecule has 0 amide bonds. The fourth-order valence-corrected chi connectivity index (χ4v) is 2.58. The minimum atomic E-state index is -1.54. The molecule has 28 heavy (non-hydrogen) atoms. The van der Waals surface area contributed by atoms with Crippen LogP contribution in [0.2, 0.25) is 0 Å². The number of hydrogen-bond donors (Lipinski definition) is 0. The molecule has 0 aliphatic carbocycles. The third-order valence-electron chi connectivity index (χ3n) is 4.11. The van der Waals surface area contributed by atoms with Gasteiger partial charge in [0.05, 0.1) is 20.3 Å². The van der Waals surface area contributed by atoms with E-state index in [1.807, 2.05) is 0 Å². The van der Waals surface area contributed by atoms with E-state index in [1.165, 1.54) is 7.11 Å². The summed E-state index contributed by atoms with van der Waals surface area (Å²) in [5, 5.41) is 0. The Balaban J connectivity index is 3.28. The highest BCUT2D eigenvalue weighted by Gasteiger charge is 2.47. The highest BCUT2D eigenvalue weighted by Crippen LogP contribution is 2.32. The van der Waals surface area contributed by atoms with Crippen molar-refractivity contribution >= 4 is 18.2 Å². The lowest BCUT2D eigenvalue weighted by molar-refractivity contribution is -0.172. The van der Waals surface area contributed by atoms with Gasteiger partial charge in [0.25, 0.3) is 0 Å². The molecule has 0 N–H and O–H groups in total. The van der Waals surface area contributed by atoms with Crippen LogP contribution in [0.4, 0.5) is 0 Å². The van der Waals surface area contributed by atoms with Gasteiger partial charge in [0.2, 0.25) is 0 Å². The first-order valence-electron chi connectivity index (χ1n) is 9.06. The van der Waals surface area contributed by atoms with E-state index >= 15 is 0 Å². The topological polar surface area (TPSA) is 78.9 Å². The molecule has 0 aliphatic heterocycles. The smallest absolute Gasteiger partial charge is 0.324 e. The van der Waals surface area contributed by atoms with Gasteiger partial charge in [-0.05, 0) is 44.9 Å². The normalized spacial score (nSPS) is 10.2. The van der Waals surface area contributed by atoms with Crippen molar-refractivity contribution < 1.29 is 28.6 Å². The van der Waals surface area contributed by atoms with Crippen LogP contribution in [0.15, 0.2) is 30.9 Å². The molecule has 0 aromatic heterocycles. The van der Waals surface area contributed by atoms with E-state index < -0.39 is 17.4 Å². The summed E-state index contributed by atoms with van der Waals surface area (Å²) in [7, 11) is 1.50. The van der Waals surface area contributed by atoms with Crippen LogP contribution in [0.1, 0.15) is 49.0 Å². The predicted octanol–water partition coefficient (Wildman–Crippen LogP) is 3.33. The van der Waals surface area contributed by atoms with Gasteiger partial charge in [0.15, 0.2) is 11.7 Å². The molecule has 0 aliphatic rings. The maximum absolute atomic E-state index is 12.6.